The zero-order valence-corrected chi connectivity index (χ0v) is 20.7. The molecule has 188 valence electrons. The number of rotatable bonds is 6. The van der Waals surface area contributed by atoms with Crippen LogP contribution in [0.1, 0.15) is 52.0 Å². The number of carbonyl (C=O) groups is 1. The van der Waals surface area contributed by atoms with E-state index in [2.05, 4.69) is 37.6 Å². The molecular formula is C24H17ClF2N6O3S. The average Bonchev–Trinajstić information content (AvgIpc) is 3.45. The molecular weight excluding hydrogens is 526 g/mol. The Labute approximate surface area is 217 Å². The molecule has 9 nitrogen and oxygen atoms in total. The second kappa shape index (κ2) is 10.2. The van der Waals surface area contributed by atoms with Crippen molar-refractivity contribution in [3.63, 3.8) is 0 Å². The van der Waals surface area contributed by atoms with Crippen LogP contribution in [0.15, 0.2) is 39.7 Å². The van der Waals surface area contributed by atoms with E-state index in [-0.39, 0.29) is 44.8 Å². The highest BCUT2D eigenvalue weighted by molar-refractivity contribution is 7.15. The van der Waals surface area contributed by atoms with Crippen LogP contribution < -0.4 is 10.9 Å². The van der Waals surface area contributed by atoms with Gasteiger partial charge < -0.3 is 8.98 Å². The first-order valence-electron chi connectivity index (χ1n) is 11.0. The van der Waals surface area contributed by atoms with Gasteiger partial charge in [0.05, 0.1) is 5.56 Å². The standard InChI is InChI=1S/C24H17ClF2N6O3S/c1-12-29-30-19(36-12)11-33-10-17(15-8-14(22(26)27)5-6-18(15)25)16(9-21(33)34)23(35)28-24-32-31-20(37-24)7-4-13-2-3-13/h5-6,8-10,13,22H,2-3,11H2,1H3,(H,28,32,35). The Morgan fingerprint density at radius 3 is 2.76 bits per heavy atom. The largest absolute Gasteiger partial charge is 0.424 e. The summed E-state index contributed by atoms with van der Waals surface area (Å²) in [5.74, 6) is 6.14. The van der Waals surface area contributed by atoms with Gasteiger partial charge in [-0.15, -0.1) is 20.4 Å². The van der Waals surface area contributed by atoms with Crippen LogP contribution in [0.25, 0.3) is 11.1 Å². The van der Waals surface area contributed by atoms with Gasteiger partial charge in [-0.2, -0.15) is 0 Å². The van der Waals surface area contributed by atoms with Crippen molar-refractivity contribution in [2.45, 2.75) is 32.7 Å². The molecule has 0 unspecified atom stereocenters. The summed E-state index contributed by atoms with van der Waals surface area (Å²) in [6.07, 6.45) is 0.702. The van der Waals surface area contributed by atoms with Crippen molar-refractivity contribution in [2.24, 2.45) is 5.92 Å². The molecule has 0 atom stereocenters. The van der Waals surface area contributed by atoms with E-state index < -0.39 is 17.9 Å². The molecule has 5 rings (SSSR count). The van der Waals surface area contributed by atoms with Crippen LogP contribution >= 0.6 is 22.9 Å². The number of nitrogens with one attached hydrogen (secondary N) is 1. The lowest BCUT2D eigenvalue weighted by Crippen LogP contribution is -2.24. The van der Waals surface area contributed by atoms with Crippen LogP contribution in [0.3, 0.4) is 0 Å². The molecule has 1 fully saturated rings. The smallest absolute Gasteiger partial charge is 0.263 e. The molecule has 13 heteroatoms. The quantitative estimate of drug-likeness (QED) is 0.351. The van der Waals surface area contributed by atoms with Gasteiger partial charge in [0, 0.05) is 46.8 Å². The van der Waals surface area contributed by atoms with Crippen molar-refractivity contribution < 1.29 is 18.0 Å². The van der Waals surface area contributed by atoms with Crippen LogP contribution in [0.5, 0.6) is 0 Å². The van der Waals surface area contributed by atoms with Gasteiger partial charge in [-0.3, -0.25) is 14.9 Å². The number of pyridine rings is 1. The van der Waals surface area contributed by atoms with Crippen molar-refractivity contribution in [1.29, 1.82) is 0 Å². The molecule has 1 saturated carbocycles. The van der Waals surface area contributed by atoms with E-state index in [0.29, 0.717) is 16.8 Å². The Kier molecular flexibility index (Phi) is 6.82. The van der Waals surface area contributed by atoms with E-state index in [9.17, 15) is 18.4 Å². The first kappa shape index (κ1) is 24.7. The van der Waals surface area contributed by atoms with Gasteiger partial charge in [-0.1, -0.05) is 34.9 Å². The molecule has 3 heterocycles. The number of hydrogen-bond acceptors (Lipinski definition) is 8. The van der Waals surface area contributed by atoms with Gasteiger partial charge in [0.25, 0.3) is 17.9 Å². The Morgan fingerprint density at radius 2 is 2.05 bits per heavy atom. The van der Waals surface area contributed by atoms with E-state index in [1.54, 1.807) is 6.92 Å². The molecule has 3 aromatic heterocycles. The highest BCUT2D eigenvalue weighted by Gasteiger charge is 2.22. The normalized spacial score (nSPS) is 12.9. The zero-order chi connectivity index (χ0) is 26.1. The Balaban J connectivity index is 1.54. The van der Waals surface area contributed by atoms with Gasteiger partial charge >= 0.3 is 0 Å². The van der Waals surface area contributed by atoms with Crippen molar-refractivity contribution in [1.82, 2.24) is 25.0 Å². The molecule has 0 radical (unpaired) electrons. The highest BCUT2D eigenvalue weighted by atomic mass is 35.5. The van der Waals surface area contributed by atoms with Gasteiger partial charge in [0.1, 0.15) is 6.54 Å². The number of anilines is 1. The predicted molar refractivity (Wildman–Crippen MR) is 132 cm³/mol. The maximum Gasteiger partial charge on any atom is 0.263 e. The monoisotopic (exact) mass is 542 g/mol. The number of aryl methyl sites for hydroxylation is 1. The predicted octanol–water partition coefficient (Wildman–Crippen LogP) is 4.71. The molecule has 0 saturated heterocycles. The summed E-state index contributed by atoms with van der Waals surface area (Å²) >= 11 is 7.44. The second-order valence-corrected chi connectivity index (χ2v) is 9.62. The third-order valence-corrected chi connectivity index (χ3v) is 6.47. The van der Waals surface area contributed by atoms with Crippen molar-refractivity contribution >= 4 is 34.0 Å². The molecule has 0 spiro atoms. The summed E-state index contributed by atoms with van der Waals surface area (Å²) in [4.78, 5) is 26.2. The highest BCUT2D eigenvalue weighted by Crippen LogP contribution is 2.34. The van der Waals surface area contributed by atoms with Gasteiger partial charge in [-0.25, -0.2) is 8.78 Å². The Bertz CT molecular complexity index is 1620. The molecule has 1 amide bonds. The number of aromatic nitrogens is 5. The summed E-state index contributed by atoms with van der Waals surface area (Å²) in [5.41, 5.74) is -0.636. The third-order valence-electron chi connectivity index (χ3n) is 5.38. The third kappa shape index (κ3) is 5.73. The minimum absolute atomic E-state index is 0.0860. The first-order chi connectivity index (χ1) is 17.8. The minimum Gasteiger partial charge on any atom is -0.424 e. The number of halogens is 3. The topological polar surface area (TPSA) is 116 Å². The average molecular weight is 543 g/mol. The molecule has 4 aromatic rings. The number of nitrogens with zero attached hydrogens (tertiary/aromatic N) is 5. The fourth-order valence-electron chi connectivity index (χ4n) is 3.41. The van der Waals surface area contributed by atoms with Crippen LogP contribution in [-0.2, 0) is 6.54 Å². The van der Waals surface area contributed by atoms with Crippen LogP contribution in [0.2, 0.25) is 5.02 Å². The molecule has 0 aliphatic heterocycles. The first-order valence-corrected chi connectivity index (χ1v) is 12.2. The van der Waals surface area contributed by atoms with Crippen LogP contribution in [0.4, 0.5) is 13.9 Å². The van der Waals surface area contributed by atoms with E-state index in [1.165, 1.54) is 29.0 Å². The number of amides is 1. The van der Waals surface area contributed by atoms with Gasteiger partial charge in [-0.05, 0) is 30.9 Å². The summed E-state index contributed by atoms with van der Waals surface area (Å²) in [6.45, 7) is 1.50. The van der Waals surface area contributed by atoms with Crippen molar-refractivity contribution in [3.8, 4) is 23.0 Å². The van der Waals surface area contributed by atoms with Crippen molar-refractivity contribution in [3.05, 3.63) is 73.8 Å². The molecule has 1 aromatic carbocycles. The maximum atomic E-state index is 13.5. The van der Waals surface area contributed by atoms with E-state index in [4.69, 9.17) is 16.0 Å². The summed E-state index contributed by atoms with van der Waals surface area (Å²) in [5, 5.41) is 18.8. The lowest BCUT2D eigenvalue weighted by Gasteiger charge is -2.14. The number of carbonyl (C=O) groups excluding carboxylic acids is 1. The number of benzene rings is 1. The van der Waals surface area contributed by atoms with Crippen molar-refractivity contribution in [2.75, 3.05) is 5.32 Å². The second-order valence-electron chi connectivity index (χ2n) is 8.23. The number of alkyl halides is 2. The summed E-state index contributed by atoms with van der Waals surface area (Å²) in [6, 6.07) is 4.78. The Hall–Kier alpha value is -3.95. The lowest BCUT2D eigenvalue weighted by molar-refractivity contribution is 0.102. The van der Waals surface area contributed by atoms with E-state index in [0.717, 1.165) is 30.2 Å². The fraction of sp³-hybridized carbons (Fsp3) is 0.250. The number of hydrogen-bond donors (Lipinski definition) is 1. The van der Waals surface area contributed by atoms with E-state index >= 15 is 0 Å². The SMILES string of the molecule is Cc1nnc(Cn2cc(-c3cc(C(F)F)ccc3Cl)c(C(=O)Nc3nnc(C#CC4CC4)s3)cc2=O)o1. The molecule has 1 aliphatic rings. The van der Waals surface area contributed by atoms with Gasteiger partial charge in [0.15, 0.2) is 5.01 Å². The van der Waals surface area contributed by atoms with Crippen LogP contribution in [0, 0.1) is 24.7 Å². The summed E-state index contributed by atoms with van der Waals surface area (Å²) in [7, 11) is 0. The Morgan fingerprint density at radius 1 is 1.24 bits per heavy atom. The molecule has 0 bridgehead atoms. The lowest BCUT2D eigenvalue weighted by atomic mass is 9.99. The van der Waals surface area contributed by atoms with Crippen LogP contribution in [-0.4, -0.2) is 30.9 Å². The molecule has 1 aliphatic carbocycles. The minimum atomic E-state index is -2.77. The maximum absolute atomic E-state index is 13.5. The summed E-state index contributed by atoms with van der Waals surface area (Å²) < 4.78 is 33.5. The van der Waals surface area contributed by atoms with E-state index in [1.807, 2.05) is 0 Å². The molecule has 1 N–H and O–H groups in total. The van der Waals surface area contributed by atoms with Gasteiger partial charge in [0.2, 0.25) is 16.9 Å². The molecule has 37 heavy (non-hydrogen) atoms. The fourth-order valence-corrected chi connectivity index (χ4v) is 4.23. The zero-order valence-electron chi connectivity index (χ0n) is 19.2.